The lowest BCUT2D eigenvalue weighted by Crippen LogP contribution is -2.29. The predicted octanol–water partition coefficient (Wildman–Crippen LogP) is 1.76. The van der Waals surface area contributed by atoms with Crippen molar-refractivity contribution in [3.8, 4) is 0 Å². The molecule has 1 aromatic rings. The Hall–Kier alpha value is -1.36. The van der Waals surface area contributed by atoms with Gasteiger partial charge in [-0.05, 0) is 31.4 Å². The number of carboxylic acid groups (broad SMARTS) is 1. The normalized spacial score (nSPS) is 20.7. The summed E-state index contributed by atoms with van der Waals surface area (Å²) in [5.74, 6) is -0.194. The number of aromatic nitrogens is 2. The summed E-state index contributed by atoms with van der Waals surface area (Å²) in [4.78, 5) is 12.8. The molecule has 0 amide bonds. The lowest BCUT2D eigenvalue weighted by Gasteiger charge is -2.20. The van der Waals surface area contributed by atoms with Crippen molar-refractivity contribution in [3.05, 3.63) is 18.0 Å². The van der Waals surface area contributed by atoms with Crippen molar-refractivity contribution >= 4 is 5.97 Å². The average molecular weight is 251 g/mol. The molecule has 1 aliphatic rings. The first-order valence-corrected chi connectivity index (χ1v) is 6.55. The van der Waals surface area contributed by atoms with Crippen LogP contribution in [-0.4, -0.2) is 38.8 Å². The molecule has 1 atom stereocenters. The van der Waals surface area contributed by atoms with E-state index in [1.807, 2.05) is 21.8 Å². The van der Waals surface area contributed by atoms with Crippen molar-refractivity contribution in [2.45, 2.75) is 39.3 Å². The van der Waals surface area contributed by atoms with E-state index in [1.165, 1.54) is 0 Å². The first kappa shape index (κ1) is 13.1. The molecule has 5 heteroatoms. The van der Waals surface area contributed by atoms with Crippen molar-refractivity contribution in [1.29, 1.82) is 0 Å². The molecule has 1 fully saturated rings. The van der Waals surface area contributed by atoms with Crippen LogP contribution in [0.5, 0.6) is 0 Å². The minimum atomic E-state index is -0.761. The summed E-state index contributed by atoms with van der Waals surface area (Å²) in [6.45, 7) is 6.20. The van der Waals surface area contributed by atoms with Gasteiger partial charge in [0.1, 0.15) is 0 Å². The summed E-state index contributed by atoms with van der Waals surface area (Å²) in [5, 5.41) is 13.5. The van der Waals surface area contributed by atoms with Gasteiger partial charge in [0.05, 0.1) is 18.3 Å². The van der Waals surface area contributed by atoms with Crippen LogP contribution in [-0.2, 0) is 11.3 Å². The number of carboxylic acids is 1. The molecular formula is C13H21N3O2. The highest BCUT2D eigenvalue weighted by molar-refractivity contribution is 5.69. The van der Waals surface area contributed by atoms with Crippen LogP contribution >= 0.6 is 0 Å². The van der Waals surface area contributed by atoms with E-state index in [0.717, 1.165) is 31.6 Å². The molecule has 0 saturated carbocycles. The van der Waals surface area contributed by atoms with Crippen LogP contribution in [0.15, 0.2) is 12.3 Å². The van der Waals surface area contributed by atoms with E-state index >= 15 is 0 Å². The first-order valence-electron chi connectivity index (χ1n) is 6.55. The first-order chi connectivity index (χ1) is 8.56. The Morgan fingerprint density at radius 3 is 3.06 bits per heavy atom. The molecule has 18 heavy (non-hydrogen) atoms. The molecule has 1 saturated heterocycles. The van der Waals surface area contributed by atoms with Crippen LogP contribution in [0.4, 0.5) is 0 Å². The van der Waals surface area contributed by atoms with Gasteiger partial charge in [0.25, 0.3) is 0 Å². The maximum absolute atomic E-state index is 10.8. The molecule has 0 spiro atoms. The van der Waals surface area contributed by atoms with Crippen molar-refractivity contribution in [1.82, 2.24) is 14.7 Å². The van der Waals surface area contributed by atoms with Crippen molar-refractivity contribution in [2.75, 3.05) is 13.1 Å². The SMILES string of the molecule is CC(C)Cn1ccc([C@H]2CCCN2CC(=O)O)n1. The number of rotatable bonds is 5. The smallest absolute Gasteiger partial charge is 0.317 e. The van der Waals surface area contributed by atoms with Gasteiger partial charge in [0.15, 0.2) is 0 Å². The summed E-state index contributed by atoms with van der Waals surface area (Å²) in [5.41, 5.74) is 1.01. The third-order valence-electron chi connectivity index (χ3n) is 3.26. The van der Waals surface area contributed by atoms with Crippen LogP contribution in [0, 0.1) is 5.92 Å². The summed E-state index contributed by atoms with van der Waals surface area (Å²) in [7, 11) is 0. The highest BCUT2D eigenvalue weighted by Crippen LogP contribution is 2.30. The number of likely N-dealkylation sites (tertiary alicyclic amines) is 1. The van der Waals surface area contributed by atoms with Gasteiger partial charge in [0.2, 0.25) is 0 Å². The molecule has 100 valence electrons. The topological polar surface area (TPSA) is 58.4 Å². The highest BCUT2D eigenvalue weighted by Gasteiger charge is 2.29. The number of aliphatic carboxylic acids is 1. The second kappa shape index (κ2) is 5.52. The maximum atomic E-state index is 10.8. The predicted molar refractivity (Wildman–Crippen MR) is 68.2 cm³/mol. The third-order valence-corrected chi connectivity index (χ3v) is 3.26. The number of carbonyl (C=O) groups is 1. The van der Waals surface area contributed by atoms with Crippen LogP contribution in [0.25, 0.3) is 0 Å². The van der Waals surface area contributed by atoms with Crippen LogP contribution in [0.1, 0.15) is 38.4 Å². The summed E-state index contributed by atoms with van der Waals surface area (Å²) in [6, 6.07) is 2.20. The zero-order chi connectivity index (χ0) is 13.1. The van der Waals surface area contributed by atoms with Crippen LogP contribution in [0.2, 0.25) is 0 Å². The highest BCUT2D eigenvalue weighted by atomic mass is 16.4. The van der Waals surface area contributed by atoms with Crippen molar-refractivity contribution in [3.63, 3.8) is 0 Å². The average Bonchev–Trinajstić information content (AvgIpc) is 2.85. The molecular weight excluding hydrogens is 230 g/mol. The fourth-order valence-electron chi connectivity index (χ4n) is 2.55. The fourth-order valence-corrected chi connectivity index (χ4v) is 2.55. The van der Waals surface area contributed by atoms with Gasteiger partial charge < -0.3 is 5.11 Å². The molecule has 1 N–H and O–H groups in total. The van der Waals surface area contributed by atoms with E-state index < -0.39 is 5.97 Å². The second-order valence-electron chi connectivity index (χ2n) is 5.38. The summed E-state index contributed by atoms with van der Waals surface area (Å²) < 4.78 is 1.96. The number of hydrogen-bond acceptors (Lipinski definition) is 3. The van der Waals surface area contributed by atoms with Gasteiger partial charge in [-0.25, -0.2) is 0 Å². The molecule has 0 radical (unpaired) electrons. The Bertz CT molecular complexity index is 414. The third kappa shape index (κ3) is 3.10. The van der Waals surface area contributed by atoms with Crippen molar-refractivity contribution < 1.29 is 9.90 Å². The van der Waals surface area contributed by atoms with Gasteiger partial charge in [0, 0.05) is 12.7 Å². The molecule has 1 aromatic heterocycles. The fraction of sp³-hybridized carbons (Fsp3) is 0.692. The molecule has 0 unspecified atom stereocenters. The molecule has 5 nitrogen and oxygen atoms in total. The largest absolute Gasteiger partial charge is 0.480 e. The zero-order valence-corrected chi connectivity index (χ0v) is 11.0. The number of hydrogen-bond donors (Lipinski definition) is 1. The van der Waals surface area contributed by atoms with Gasteiger partial charge >= 0.3 is 5.97 Å². The zero-order valence-electron chi connectivity index (χ0n) is 11.0. The molecule has 2 heterocycles. The molecule has 0 bridgehead atoms. The Balaban J connectivity index is 2.05. The second-order valence-corrected chi connectivity index (χ2v) is 5.38. The maximum Gasteiger partial charge on any atom is 0.317 e. The lowest BCUT2D eigenvalue weighted by molar-refractivity contribution is -0.138. The standard InChI is InChI=1S/C13H21N3O2/c1-10(2)8-16-7-5-11(14-16)12-4-3-6-15(12)9-13(17)18/h5,7,10,12H,3-4,6,8-9H2,1-2H3,(H,17,18)/t12-/m1/s1. The molecule has 1 aliphatic heterocycles. The summed E-state index contributed by atoms with van der Waals surface area (Å²) >= 11 is 0. The number of nitrogens with zero attached hydrogens (tertiary/aromatic N) is 3. The quantitative estimate of drug-likeness (QED) is 0.866. The van der Waals surface area contributed by atoms with Gasteiger partial charge in [-0.2, -0.15) is 5.10 Å². The molecule has 2 rings (SSSR count). The Labute approximate surface area is 107 Å². The van der Waals surface area contributed by atoms with Gasteiger partial charge in [-0.3, -0.25) is 14.4 Å². The van der Waals surface area contributed by atoms with Crippen LogP contribution in [0.3, 0.4) is 0 Å². The van der Waals surface area contributed by atoms with E-state index in [-0.39, 0.29) is 12.6 Å². The van der Waals surface area contributed by atoms with E-state index in [9.17, 15) is 4.79 Å². The van der Waals surface area contributed by atoms with Gasteiger partial charge in [-0.15, -0.1) is 0 Å². The van der Waals surface area contributed by atoms with Gasteiger partial charge in [-0.1, -0.05) is 13.8 Å². The summed E-state index contributed by atoms with van der Waals surface area (Å²) in [6.07, 6.45) is 4.05. The van der Waals surface area contributed by atoms with E-state index in [1.54, 1.807) is 0 Å². The molecule has 0 aromatic carbocycles. The van der Waals surface area contributed by atoms with Crippen molar-refractivity contribution in [2.24, 2.45) is 5.92 Å². The Kier molecular flexibility index (Phi) is 4.01. The van der Waals surface area contributed by atoms with E-state index in [0.29, 0.717) is 5.92 Å². The Morgan fingerprint density at radius 1 is 1.61 bits per heavy atom. The monoisotopic (exact) mass is 251 g/mol. The van der Waals surface area contributed by atoms with E-state index in [2.05, 4.69) is 18.9 Å². The minimum Gasteiger partial charge on any atom is -0.480 e. The molecule has 0 aliphatic carbocycles. The lowest BCUT2D eigenvalue weighted by atomic mass is 10.1. The van der Waals surface area contributed by atoms with Crippen LogP contribution < -0.4 is 0 Å². The van der Waals surface area contributed by atoms with E-state index in [4.69, 9.17) is 5.11 Å². The Morgan fingerprint density at radius 2 is 2.39 bits per heavy atom. The minimum absolute atomic E-state index is 0.113.